The molecule has 2 aromatic carbocycles. The Morgan fingerprint density at radius 2 is 1.60 bits per heavy atom. The SMILES string of the molecule is Cn1cnn(CCC(=O)OCC(=O)N2c3ccccc3CCc3ccccc32)c1=O. The molecule has 0 atom stereocenters. The Bertz CT molecular complexity index is 1100. The van der Waals surface area contributed by atoms with E-state index in [1.54, 1.807) is 11.9 Å². The summed E-state index contributed by atoms with van der Waals surface area (Å²) >= 11 is 0. The highest BCUT2D eigenvalue weighted by molar-refractivity contribution is 6.03. The maximum absolute atomic E-state index is 13.1. The van der Waals surface area contributed by atoms with E-state index >= 15 is 0 Å². The van der Waals surface area contributed by atoms with Crippen LogP contribution < -0.4 is 10.6 Å². The predicted octanol–water partition coefficient (Wildman–Crippen LogP) is 1.98. The number of para-hydroxylation sites is 2. The van der Waals surface area contributed by atoms with Crippen LogP contribution in [0.5, 0.6) is 0 Å². The minimum Gasteiger partial charge on any atom is -0.455 e. The van der Waals surface area contributed by atoms with Crippen LogP contribution in [0.2, 0.25) is 0 Å². The van der Waals surface area contributed by atoms with Crippen LogP contribution >= 0.6 is 0 Å². The zero-order valence-corrected chi connectivity index (χ0v) is 16.7. The van der Waals surface area contributed by atoms with Crippen LogP contribution in [0, 0.1) is 0 Å². The third kappa shape index (κ3) is 3.89. The summed E-state index contributed by atoms with van der Waals surface area (Å²) in [5.41, 5.74) is 3.45. The number of hydrogen-bond acceptors (Lipinski definition) is 5. The summed E-state index contributed by atoms with van der Waals surface area (Å²) < 4.78 is 7.72. The van der Waals surface area contributed by atoms with E-state index in [1.807, 2.05) is 48.5 Å². The van der Waals surface area contributed by atoms with Crippen molar-refractivity contribution in [1.29, 1.82) is 0 Å². The molecule has 1 aliphatic rings. The predicted molar refractivity (Wildman–Crippen MR) is 110 cm³/mol. The van der Waals surface area contributed by atoms with Crippen LogP contribution in [0.25, 0.3) is 0 Å². The summed E-state index contributed by atoms with van der Waals surface area (Å²) in [4.78, 5) is 38.6. The summed E-state index contributed by atoms with van der Waals surface area (Å²) in [5, 5.41) is 3.90. The molecule has 0 unspecified atom stereocenters. The van der Waals surface area contributed by atoms with Crippen molar-refractivity contribution in [1.82, 2.24) is 14.3 Å². The second kappa shape index (κ2) is 8.36. The lowest BCUT2D eigenvalue weighted by molar-refractivity contribution is -0.147. The Labute approximate surface area is 173 Å². The summed E-state index contributed by atoms with van der Waals surface area (Å²) in [7, 11) is 1.58. The van der Waals surface area contributed by atoms with Crippen LogP contribution in [0.4, 0.5) is 11.4 Å². The highest BCUT2D eigenvalue weighted by Crippen LogP contribution is 2.35. The fourth-order valence-corrected chi connectivity index (χ4v) is 3.60. The second-order valence-electron chi connectivity index (χ2n) is 7.14. The largest absolute Gasteiger partial charge is 0.455 e. The van der Waals surface area contributed by atoms with Crippen LogP contribution in [0.3, 0.4) is 0 Å². The highest BCUT2D eigenvalue weighted by atomic mass is 16.5. The van der Waals surface area contributed by atoms with E-state index in [2.05, 4.69) is 5.10 Å². The molecule has 0 aliphatic carbocycles. The van der Waals surface area contributed by atoms with Crippen LogP contribution in [-0.2, 0) is 40.8 Å². The molecular formula is C22H22N4O4. The van der Waals surface area contributed by atoms with E-state index in [0.717, 1.165) is 35.3 Å². The number of fused-ring (bicyclic) bond motifs is 2. The van der Waals surface area contributed by atoms with Crippen LogP contribution in [-0.4, -0.2) is 32.8 Å². The van der Waals surface area contributed by atoms with Crippen LogP contribution in [0.1, 0.15) is 17.5 Å². The van der Waals surface area contributed by atoms with Crippen molar-refractivity contribution >= 4 is 23.3 Å². The standard InChI is InChI=1S/C22H22N4O4/c1-24-15-23-25(22(24)29)13-12-21(28)30-14-20(27)26-18-8-4-2-6-16(18)10-11-17-7-3-5-9-19(17)26/h2-9,15H,10-14H2,1H3. The minimum atomic E-state index is -0.558. The summed E-state index contributed by atoms with van der Waals surface area (Å²) in [5.74, 6) is -0.877. The maximum Gasteiger partial charge on any atom is 0.345 e. The first-order chi connectivity index (χ1) is 14.5. The first-order valence-electron chi connectivity index (χ1n) is 9.77. The molecule has 30 heavy (non-hydrogen) atoms. The van der Waals surface area contributed by atoms with E-state index in [9.17, 15) is 14.4 Å². The molecular weight excluding hydrogens is 384 g/mol. The first kappa shape index (κ1) is 19.6. The van der Waals surface area contributed by atoms with Crippen molar-refractivity contribution in [2.24, 2.45) is 7.05 Å². The van der Waals surface area contributed by atoms with Gasteiger partial charge in [0.25, 0.3) is 5.91 Å². The first-order valence-corrected chi connectivity index (χ1v) is 9.77. The highest BCUT2D eigenvalue weighted by Gasteiger charge is 2.26. The van der Waals surface area contributed by atoms with E-state index < -0.39 is 5.97 Å². The summed E-state index contributed by atoms with van der Waals surface area (Å²) in [6.07, 6.45) is 2.99. The average molecular weight is 406 g/mol. The number of hydrogen-bond donors (Lipinski definition) is 0. The van der Waals surface area contributed by atoms with Crippen molar-refractivity contribution in [3.05, 3.63) is 76.5 Å². The van der Waals surface area contributed by atoms with Gasteiger partial charge in [-0.1, -0.05) is 36.4 Å². The molecule has 8 heteroatoms. The number of carbonyl (C=O) groups is 2. The lowest BCUT2D eigenvalue weighted by Gasteiger charge is -2.24. The number of aromatic nitrogens is 3. The maximum atomic E-state index is 13.1. The van der Waals surface area contributed by atoms with E-state index in [0.29, 0.717) is 0 Å². The van der Waals surface area contributed by atoms with Gasteiger partial charge in [0.05, 0.1) is 24.3 Å². The monoisotopic (exact) mass is 406 g/mol. The quantitative estimate of drug-likeness (QED) is 0.605. The molecule has 0 saturated carbocycles. The fourth-order valence-electron chi connectivity index (χ4n) is 3.60. The average Bonchev–Trinajstić information content (AvgIpc) is 2.98. The van der Waals surface area contributed by atoms with Gasteiger partial charge in [-0.15, -0.1) is 0 Å². The molecule has 8 nitrogen and oxygen atoms in total. The Morgan fingerprint density at radius 3 is 2.17 bits per heavy atom. The fraction of sp³-hybridized carbons (Fsp3) is 0.273. The molecule has 1 aliphatic heterocycles. The van der Waals surface area contributed by atoms with E-state index in [4.69, 9.17) is 4.74 Å². The molecule has 4 rings (SSSR count). The minimum absolute atomic E-state index is 0.0443. The summed E-state index contributed by atoms with van der Waals surface area (Å²) in [6, 6.07) is 15.5. The molecule has 0 radical (unpaired) electrons. The van der Waals surface area contributed by atoms with Crippen LogP contribution in [0.15, 0.2) is 59.7 Å². The van der Waals surface area contributed by atoms with E-state index in [1.165, 1.54) is 15.6 Å². The number of nitrogens with zero attached hydrogens (tertiary/aromatic N) is 4. The Hall–Kier alpha value is -3.68. The van der Waals surface area contributed by atoms with Gasteiger partial charge in [0.1, 0.15) is 6.33 Å². The van der Waals surface area contributed by atoms with Crippen molar-refractivity contribution in [3.8, 4) is 0 Å². The molecule has 0 N–H and O–H groups in total. The van der Waals surface area contributed by atoms with E-state index in [-0.39, 0.29) is 31.2 Å². The molecule has 0 spiro atoms. The van der Waals surface area contributed by atoms with Crippen molar-refractivity contribution in [2.45, 2.75) is 25.8 Å². The third-order valence-corrected chi connectivity index (χ3v) is 5.15. The van der Waals surface area contributed by atoms with Crippen molar-refractivity contribution in [3.63, 3.8) is 0 Å². The smallest absolute Gasteiger partial charge is 0.345 e. The number of aryl methyl sites for hydroxylation is 4. The number of ether oxygens (including phenoxy) is 1. The van der Waals surface area contributed by atoms with Gasteiger partial charge in [-0.2, -0.15) is 5.10 Å². The summed E-state index contributed by atoms with van der Waals surface area (Å²) in [6.45, 7) is -0.277. The van der Waals surface area contributed by atoms with Crippen molar-refractivity contribution < 1.29 is 14.3 Å². The normalized spacial score (nSPS) is 12.6. The second-order valence-corrected chi connectivity index (χ2v) is 7.14. The molecule has 0 fully saturated rings. The van der Waals surface area contributed by atoms with Gasteiger partial charge in [0, 0.05) is 7.05 Å². The molecule has 154 valence electrons. The Kier molecular flexibility index (Phi) is 5.47. The van der Waals surface area contributed by atoms with Crippen molar-refractivity contribution in [2.75, 3.05) is 11.5 Å². The molecule has 1 aromatic heterocycles. The zero-order chi connectivity index (χ0) is 21.1. The molecule has 1 amide bonds. The lowest BCUT2D eigenvalue weighted by atomic mass is 10.0. The van der Waals surface area contributed by atoms with Gasteiger partial charge in [-0.05, 0) is 36.1 Å². The number of anilines is 2. The molecule has 2 heterocycles. The number of rotatable bonds is 5. The third-order valence-electron chi connectivity index (χ3n) is 5.15. The molecule has 3 aromatic rings. The Balaban J connectivity index is 1.47. The van der Waals surface area contributed by atoms with Gasteiger partial charge >= 0.3 is 11.7 Å². The topological polar surface area (TPSA) is 86.4 Å². The van der Waals surface area contributed by atoms with Gasteiger partial charge in [0.2, 0.25) is 0 Å². The number of benzene rings is 2. The molecule has 0 saturated heterocycles. The zero-order valence-electron chi connectivity index (χ0n) is 16.7. The van der Waals surface area contributed by atoms with Gasteiger partial charge in [-0.3, -0.25) is 19.1 Å². The Morgan fingerprint density at radius 1 is 1.00 bits per heavy atom. The van der Waals surface area contributed by atoms with Gasteiger partial charge in [-0.25, -0.2) is 9.48 Å². The van der Waals surface area contributed by atoms with Gasteiger partial charge < -0.3 is 4.74 Å². The van der Waals surface area contributed by atoms with Gasteiger partial charge in [0.15, 0.2) is 6.61 Å². The lowest BCUT2D eigenvalue weighted by Crippen LogP contribution is -2.32. The number of esters is 1. The number of carbonyl (C=O) groups excluding carboxylic acids is 2. The number of amides is 1. The molecule has 0 bridgehead atoms.